The van der Waals surface area contributed by atoms with Crippen molar-refractivity contribution in [3.05, 3.63) is 66.2 Å². The van der Waals surface area contributed by atoms with Gasteiger partial charge in [-0.3, -0.25) is 4.79 Å². The molecular weight excluding hydrogens is 416 g/mol. The number of nitrogens with one attached hydrogen (secondary N) is 3. The topological polar surface area (TPSA) is 103 Å². The second-order valence-electron chi connectivity index (χ2n) is 8.07. The van der Waals surface area contributed by atoms with Gasteiger partial charge in [0.2, 0.25) is 0 Å². The summed E-state index contributed by atoms with van der Waals surface area (Å²) in [6.07, 6.45) is 2.24. The Labute approximate surface area is 195 Å². The van der Waals surface area contributed by atoms with Crippen molar-refractivity contribution in [2.24, 2.45) is 0 Å². The number of nitrogens with zero attached hydrogens (tertiary/aromatic N) is 2. The number of aryl methyl sites for hydroxylation is 1. The third-order valence-electron chi connectivity index (χ3n) is 5.70. The Hall–Kier alpha value is -3.68. The maximum Gasteiger partial charge on any atom is 0.315 e. The van der Waals surface area contributed by atoms with Crippen molar-refractivity contribution in [3.8, 4) is 0 Å². The molecule has 2 aromatic carbocycles. The number of piperazine rings is 1. The number of benzene rings is 2. The highest BCUT2D eigenvalue weighted by Crippen LogP contribution is 2.27. The number of nitrogens with two attached hydrogens (primary N) is 1. The number of para-hydroxylation sites is 1. The molecule has 2 aromatic rings. The first kappa shape index (κ1) is 24.0. The molecule has 1 fully saturated rings. The van der Waals surface area contributed by atoms with Gasteiger partial charge in [-0.2, -0.15) is 0 Å². The molecular formula is C25H34N6O2. The zero-order valence-electron chi connectivity index (χ0n) is 19.3. The second-order valence-corrected chi connectivity index (χ2v) is 8.07. The van der Waals surface area contributed by atoms with Crippen molar-refractivity contribution < 1.29 is 9.59 Å². The highest BCUT2D eigenvalue weighted by molar-refractivity contribution is 5.96. The van der Waals surface area contributed by atoms with Crippen LogP contribution < -0.4 is 31.5 Å². The van der Waals surface area contributed by atoms with E-state index in [0.29, 0.717) is 37.3 Å². The molecule has 3 amide bonds. The van der Waals surface area contributed by atoms with Crippen molar-refractivity contribution in [2.45, 2.75) is 13.3 Å². The standard InChI is InChI=1S/C25H34N6O2/c1-3-11-28-25(33)29-13-6-12-27-24(32)20-9-10-23(21(26)18-20)31-16-14-30(15-17-31)22-8-5-4-7-19(22)2/h3-5,7-10,18H,1,6,11-17,26H2,2H3,(H,27,32)(H2,28,29,33). The summed E-state index contributed by atoms with van der Waals surface area (Å²) < 4.78 is 0. The maximum atomic E-state index is 12.5. The van der Waals surface area contributed by atoms with E-state index in [-0.39, 0.29) is 11.9 Å². The van der Waals surface area contributed by atoms with Gasteiger partial charge in [0.1, 0.15) is 0 Å². The summed E-state index contributed by atoms with van der Waals surface area (Å²) in [5.41, 5.74) is 11.0. The summed E-state index contributed by atoms with van der Waals surface area (Å²) in [5.74, 6) is -0.172. The predicted octanol–water partition coefficient (Wildman–Crippen LogP) is 2.51. The lowest BCUT2D eigenvalue weighted by Crippen LogP contribution is -2.47. The third-order valence-corrected chi connectivity index (χ3v) is 5.70. The summed E-state index contributed by atoms with van der Waals surface area (Å²) in [5, 5.41) is 8.22. The van der Waals surface area contributed by atoms with Crippen LogP contribution in [0.1, 0.15) is 22.3 Å². The molecule has 8 nitrogen and oxygen atoms in total. The first-order valence-electron chi connectivity index (χ1n) is 11.4. The molecule has 0 bridgehead atoms. The van der Waals surface area contributed by atoms with Crippen LogP contribution >= 0.6 is 0 Å². The van der Waals surface area contributed by atoms with Crippen LogP contribution in [0, 0.1) is 6.92 Å². The predicted molar refractivity (Wildman–Crippen MR) is 135 cm³/mol. The molecule has 1 saturated heterocycles. The molecule has 8 heteroatoms. The Morgan fingerprint density at radius 1 is 0.970 bits per heavy atom. The minimum atomic E-state index is -0.246. The van der Waals surface area contributed by atoms with Gasteiger partial charge in [-0.25, -0.2) is 4.79 Å². The lowest BCUT2D eigenvalue weighted by Gasteiger charge is -2.38. The zero-order valence-corrected chi connectivity index (χ0v) is 19.3. The molecule has 0 unspecified atom stereocenters. The quantitative estimate of drug-likeness (QED) is 0.267. The molecule has 0 spiro atoms. The Morgan fingerprint density at radius 2 is 1.64 bits per heavy atom. The van der Waals surface area contributed by atoms with E-state index in [1.165, 1.54) is 11.3 Å². The molecule has 3 rings (SSSR count). The van der Waals surface area contributed by atoms with Gasteiger partial charge < -0.3 is 31.5 Å². The normalized spacial score (nSPS) is 13.4. The minimum Gasteiger partial charge on any atom is -0.397 e. The summed E-state index contributed by atoms with van der Waals surface area (Å²) in [4.78, 5) is 28.6. The van der Waals surface area contributed by atoms with Crippen LogP contribution in [-0.4, -0.2) is 57.8 Å². The molecule has 33 heavy (non-hydrogen) atoms. The van der Waals surface area contributed by atoms with Gasteiger partial charge in [-0.1, -0.05) is 24.3 Å². The Morgan fingerprint density at radius 3 is 2.30 bits per heavy atom. The summed E-state index contributed by atoms with van der Waals surface area (Å²) in [6.45, 7) is 10.6. The Balaban J connectivity index is 1.46. The maximum absolute atomic E-state index is 12.5. The average Bonchev–Trinajstić information content (AvgIpc) is 2.83. The van der Waals surface area contributed by atoms with E-state index >= 15 is 0 Å². The lowest BCUT2D eigenvalue weighted by molar-refractivity contribution is 0.0953. The molecule has 0 atom stereocenters. The fourth-order valence-electron chi connectivity index (χ4n) is 3.91. The van der Waals surface area contributed by atoms with Crippen LogP contribution in [-0.2, 0) is 0 Å². The SMILES string of the molecule is C=CCNC(=O)NCCCNC(=O)c1ccc(N2CCN(c3ccccc3C)CC2)c(N)c1. The number of urea groups is 1. The van der Waals surface area contributed by atoms with Gasteiger partial charge in [-0.05, 0) is 43.2 Å². The van der Waals surface area contributed by atoms with Crippen molar-refractivity contribution in [1.82, 2.24) is 16.0 Å². The van der Waals surface area contributed by atoms with E-state index in [1.54, 1.807) is 12.1 Å². The van der Waals surface area contributed by atoms with Crippen LogP contribution in [0.3, 0.4) is 0 Å². The van der Waals surface area contributed by atoms with Gasteiger partial charge >= 0.3 is 6.03 Å². The van der Waals surface area contributed by atoms with Crippen LogP contribution in [0.25, 0.3) is 0 Å². The minimum absolute atomic E-state index is 0.172. The smallest absolute Gasteiger partial charge is 0.315 e. The van der Waals surface area contributed by atoms with E-state index in [9.17, 15) is 9.59 Å². The average molecular weight is 451 g/mol. The number of hydrogen-bond donors (Lipinski definition) is 4. The number of nitrogen functional groups attached to an aromatic ring is 1. The van der Waals surface area contributed by atoms with Gasteiger partial charge in [-0.15, -0.1) is 6.58 Å². The van der Waals surface area contributed by atoms with E-state index in [2.05, 4.69) is 63.5 Å². The Kier molecular flexibility index (Phi) is 8.57. The molecule has 0 saturated carbocycles. The van der Waals surface area contributed by atoms with Crippen molar-refractivity contribution in [1.29, 1.82) is 0 Å². The molecule has 5 N–H and O–H groups in total. The molecule has 0 radical (unpaired) electrons. The molecule has 176 valence electrons. The van der Waals surface area contributed by atoms with Gasteiger partial charge in [0, 0.05) is 57.1 Å². The Bertz CT molecular complexity index is 969. The van der Waals surface area contributed by atoms with Crippen LogP contribution in [0.5, 0.6) is 0 Å². The third kappa shape index (κ3) is 6.65. The second kappa shape index (κ2) is 11.8. The summed E-state index contributed by atoms with van der Waals surface area (Å²) >= 11 is 0. The molecule has 1 aliphatic rings. The first-order chi connectivity index (χ1) is 16.0. The highest BCUT2D eigenvalue weighted by atomic mass is 16.2. The van der Waals surface area contributed by atoms with Crippen molar-refractivity contribution in [2.75, 3.05) is 61.3 Å². The van der Waals surface area contributed by atoms with Crippen molar-refractivity contribution >= 4 is 29.0 Å². The van der Waals surface area contributed by atoms with Crippen LogP contribution in [0.2, 0.25) is 0 Å². The van der Waals surface area contributed by atoms with Crippen LogP contribution in [0.15, 0.2) is 55.1 Å². The van der Waals surface area contributed by atoms with Gasteiger partial charge in [0.05, 0.1) is 11.4 Å². The fraction of sp³-hybridized carbons (Fsp3) is 0.360. The first-order valence-corrected chi connectivity index (χ1v) is 11.4. The number of carbonyl (C=O) groups excluding carboxylic acids is 2. The fourth-order valence-corrected chi connectivity index (χ4v) is 3.91. The number of rotatable bonds is 9. The lowest BCUT2D eigenvalue weighted by atomic mass is 10.1. The number of hydrogen-bond acceptors (Lipinski definition) is 5. The molecule has 1 aliphatic heterocycles. The van der Waals surface area contributed by atoms with E-state index in [1.807, 2.05) is 12.1 Å². The zero-order chi connectivity index (χ0) is 23.6. The highest BCUT2D eigenvalue weighted by Gasteiger charge is 2.20. The van der Waals surface area contributed by atoms with Gasteiger partial charge in [0.15, 0.2) is 0 Å². The molecule has 0 aromatic heterocycles. The van der Waals surface area contributed by atoms with Crippen LogP contribution in [0.4, 0.5) is 21.9 Å². The molecule has 1 heterocycles. The monoisotopic (exact) mass is 450 g/mol. The largest absolute Gasteiger partial charge is 0.397 e. The number of amides is 3. The van der Waals surface area contributed by atoms with E-state index in [0.717, 1.165) is 31.9 Å². The molecule has 0 aliphatic carbocycles. The van der Waals surface area contributed by atoms with E-state index < -0.39 is 0 Å². The summed E-state index contributed by atoms with van der Waals surface area (Å²) in [6, 6.07) is 13.7. The van der Waals surface area contributed by atoms with Crippen molar-refractivity contribution in [3.63, 3.8) is 0 Å². The number of carbonyl (C=O) groups is 2. The van der Waals surface area contributed by atoms with E-state index in [4.69, 9.17) is 5.73 Å². The van der Waals surface area contributed by atoms with Gasteiger partial charge in [0.25, 0.3) is 5.91 Å². The summed E-state index contributed by atoms with van der Waals surface area (Å²) in [7, 11) is 0. The number of anilines is 3.